The zero-order chi connectivity index (χ0) is 19.1. The van der Waals surface area contributed by atoms with Gasteiger partial charge < -0.3 is 14.6 Å². The van der Waals surface area contributed by atoms with E-state index in [0.717, 1.165) is 13.0 Å². The van der Waals surface area contributed by atoms with Crippen molar-refractivity contribution in [2.75, 3.05) is 18.1 Å². The van der Waals surface area contributed by atoms with Crippen molar-refractivity contribution < 1.29 is 9.53 Å². The third-order valence-corrected chi connectivity index (χ3v) is 6.23. The maximum atomic E-state index is 12.7. The molecule has 140 valence electrons. The molecule has 2 aromatic heterocycles. The molecule has 1 atom stereocenters. The van der Waals surface area contributed by atoms with Gasteiger partial charge in [-0.05, 0) is 44.4 Å². The second-order valence-corrected chi connectivity index (χ2v) is 7.66. The van der Waals surface area contributed by atoms with Crippen molar-refractivity contribution in [3.05, 3.63) is 56.4 Å². The molecule has 1 aliphatic rings. The van der Waals surface area contributed by atoms with Crippen molar-refractivity contribution in [3.8, 4) is 0 Å². The number of aromatic amines is 1. The van der Waals surface area contributed by atoms with E-state index in [1.54, 1.807) is 13.8 Å². The molecule has 0 radical (unpaired) electrons. The monoisotopic (exact) mass is 383 g/mol. The maximum absolute atomic E-state index is 12.7. The van der Waals surface area contributed by atoms with Gasteiger partial charge in [-0.1, -0.05) is 18.2 Å². The number of H-pyrrole nitrogens is 1. The lowest BCUT2D eigenvalue weighted by atomic mass is 10.1. The van der Waals surface area contributed by atoms with Crippen LogP contribution in [0.1, 0.15) is 46.5 Å². The fourth-order valence-corrected chi connectivity index (χ4v) is 4.75. The van der Waals surface area contributed by atoms with Crippen molar-refractivity contribution in [2.45, 2.75) is 33.2 Å². The third kappa shape index (κ3) is 2.92. The summed E-state index contributed by atoms with van der Waals surface area (Å²) in [4.78, 5) is 35.8. The Kier molecular flexibility index (Phi) is 4.47. The quantitative estimate of drug-likeness (QED) is 0.697. The number of rotatable bonds is 4. The molecule has 0 saturated heterocycles. The second-order valence-electron chi connectivity index (χ2n) is 6.66. The van der Waals surface area contributed by atoms with Crippen molar-refractivity contribution in [1.29, 1.82) is 0 Å². The normalized spacial score (nSPS) is 14.4. The van der Waals surface area contributed by atoms with Gasteiger partial charge in [0, 0.05) is 12.2 Å². The Morgan fingerprint density at radius 3 is 2.96 bits per heavy atom. The minimum atomic E-state index is -0.402. The van der Waals surface area contributed by atoms with E-state index < -0.39 is 5.97 Å². The summed E-state index contributed by atoms with van der Waals surface area (Å²) in [5.74, 6) is 0.210. The van der Waals surface area contributed by atoms with Gasteiger partial charge >= 0.3 is 5.97 Å². The summed E-state index contributed by atoms with van der Waals surface area (Å²) < 4.78 is 5.10. The van der Waals surface area contributed by atoms with E-state index in [1.165, 1.54) is 22.6 Å². The van der Waals surface area contributed by atoms with Gasteiger partial charge in [0.15, 0.2) is 0 Å². The lowest BCUT2D eigenvalue weighted by molar-refractivity contribution is 0.0531. The van der Waals surface area contributed by atoms with Crippen LogP contribution in [-0.2, 0) is 11.2 Å². The Bertz CT molecular complexity index is 1090. The summed E-state index contributed by atoms with van der Waals surface area (Å²) >= 11 is 1.22. The number of thiophene rings is 1. The Balaban J connectivity index is 1.75. The van der Waals surface area contributed by atoms with Crippen LogP contribution < -0.4 is 10.5 Å². The van der Waals surface area contributed by atoms with Crippen LogP contribution in [0, 0.1) is 6.92 Å². The van der Waals surface area contributed by atoms with E-state index in [2.05, 4.69) is 22.0 Å². The molecule has 0 spiro atoms. The molecule has 0 saturated carbocycles. The Morgan fingerprint density at radius 2 is 2.19 bits per heavy atom. The first kappa shape index (κ1) is 17.7. The molecule has 4 rings (SSSR count). The van der Waals surface area contributed by atoms with Crippen LogP contribution >= 0.6 is 11.3 Å². The fourth-order valence-electron chi connectivity index (χ4n) is 3.66. The van der Waals surface area contributed by atoms with Crippen LogP contribution in [-0.4, -0.2) is 29.1 Å². The van der Waals surface area contributed by atoms with Gasteiger partial charge in [0.25, 0.3) is 5.56 Å². The zero-order valence-electron chi connectivity index (χ0n) is 15.5. The maximum Gasteiger partial charge on any atom is 0.348 e. The number of hydrogen-bond acceptors (Lipinski definition) is 6. The van der Waals surface area contributed by atoms with Crippen LogP contribution in [0.5, 0.6) is 0 Å². The molecule has 0 fully saturated rings. The first-order chi connectivity index (χ1) is 13.0. The topological polar surface area (TPSA) is 75.3 Å². The van der Waals surface area contributed by atoms with Gasteiger partial charge in [-0.15, -0.1) is 11.3 Å². The highest BCUT2D eigenvalue weighted by Gasteiger charge is 2.27. The van der Waals surface area contributed by atoms with E-state index in [-0.39, 0.29) is 11.6 Å². The smallest absolute Gasteiger partial charge is 0.348 e. The number of aryl methyl sites for hydroxylation is 1. The van der Waals surface area contributed by atoms with Crippen LogP contribution in [0.25, 0.3) is 10.2 Å². The van der Waals surface area contributed by atoms with Gasteiger partial charge in [-0.3, -0.25) is 4.79 Å². The first-order valence-electron chi connectivity index (χ1n) is 9.06. The number of nitrogens with one attached hydrogen (secondary N) is 1. The molecule has 7 heteroatoms. The average molecular weight is 383 g/mol. The molecule has 3 aromatic rings. The van der Waals surface area contributed by atoms with Crippen LogP contribution in [0.3, 0.4) is 0 Å². The number of carbonyl (C=O) groups excluding carboxylic acids is 1. The van der Waals surface area contributed by atoms with E-state index in [9.17, 15) is 9.59 Å². The van der Waals surface area contributed by atoms with E-state index in [0.29, 0.717) is 33.1 Å². The molecule has 0 amide bonds. The molecule has 6 nitrogen and oxygen atoms in total. The number of nitrogens with zero attached hydrogens (tertiary/aromatic N) is 2. The summed E-state index contributed by atoms with van der Waals surface area (Å²) in [5, 5.41) is 0.473. The molecule has 0 bridgehead atoms. The van der Waals surface area contributed by atoms with Gasteiger partial charge in [-0.25, -0.2) is 9.78 Å². The Morgan fingerprint density at radius 1 is 1.41 bits per heavy atom. The molecular formula is C20H21N3O3S. The highest BCUT2D eigenvalue weighted by Crippen LogP contribution is 2.34. The van der Waals surface area contributed by atoms with Crippen molar-refractivity contribution in [2.24, 2.45) is 0 Å². The number of aromatic nitrogens is 2. The van der Waals surface area contributed by atoms with Crippen LogP contribution in [0.2, 0.25) is 0 Å². The minimum Gasteiger partial charge on any atom is -0.462 e. The summed E-state index contributed by atoms with van der Waals surface area (Å²) in [5.41, 5.74) is 2.92. The highest BCUT2D eigenvalue weighted by atomic mass is 32.1. The molecule has 1 aromatic carbocycles. The first-order valence-corrected chi connectivity index (χ1v) is 9.88. The fraction of sp³-hybridized carbons (Fsp3) is 0.350. The number of esters is 1. The van der Waals surface area contributed by atoms with E-state index in [4.69, 9.17) is 9.72 Å². The Labute approximate surface area is 160 Å². The second kappa shape index (κ2) is 6.81. The number of fused-ring (bicyclic) bond motifs is 2. The molecule has 0 unspecified atom stereocenters. The molecule has 3 heterocycles. The summed E-state index contributed by atoms with van der Waals surface area (Å²) in [6.07, 6.45) is 0.984. The highest BCUT2D eigenvalue weighted by molar-refractivity contribution is 7.20. The number of anilines is 1. The third-order valence-electron chi connectivity index (χ3n) is 5.07. The van der Waals surface area contributed by atoms with E-state index >= 15 is 0 Å². The van der Waals surface area contributed by atoms with Gasteiger partial charge in [0.1, 0.15) is 15.5 Å². The van der Waals surface area contributed by atoms with Crippen LogP contribution in [0.15, 0.2) is 29.1 Å². The molecule has 0 aliphatic carbocycles. The van der Waals surface area contributed by atoms with E-state index in [1.807, 2.05) is 19.1 Å². The van der Waals surface area contributed by atoms with Gasteiger partial charge in [-0.2, -0.15) is 0 Å². The summed E-state index contributed by atoms with van der Waals surface area (Å²) in [6, 6.07) is 8.24. The largest absolute Gasteiger partial charge is 0.462 e. The minimum absolute atomic E-state index is 0.0702. The van der Waals surface area contributed by atoms with Crippen molar-refractivity contribution in [3.63, 3.8) is 0 Å². The SMILES string of the molecule is CCOC(=O)c1sc2nc([C@@H](C)N3CCc4ccccc43)[nH]c(=O)c2c1C. The standard InChI is InChI=1S/C20H21N3O3S/c1-4-26-20(25)16-11(2)15-18(24)21-17(22-19(15)27-16)12(3)23-10-9-13-7-5-6-8-14(13)23/h5-8,12H,4,9-10H2,1-3H3,(H,21,22,24)/t12-/m1/s1. The van der Waals surface area contributed by atoms with Crippen LogP contribution in [0.4, 0.5) is 5.69 Å². The zero-order valence-corrected chi connectivity index (χ0v) is 16.4. The predicted octanol–water partition coefficient (Wildman–Crippen LogP) is 3.59. The molecule has 27 heavy (non-hydrogen) atoms. The molecular weight excluding hydrogens is 362 g/mol. The molecule has 1 N–H and O–H groups in total. The number of ether oxygens (including phenoxy) is 1. The summed E-state index contributed by atoms with van der Waals surface area (Å²) in [7, 11) is 0. The lowest BCUT2D eigenvalue weighted by Gasteiger charge is -2.26. The van der Waals surface area contributed by atoms with Gasteiger partial charge in [0.05, 0.1) is 18.0 Å². The van der Waals surface area contributed by atoms with Crippen molar-refractivity contribution >= 4 is 33.2 Å². The average Bonchev–Trinajstić information content (AvgIpc) is 3.23. The summed E-state index contributed by atoms with van der Waals surface area (Å²) in [6.45, 7) is 6.76. The number of carbonyl (C=O) groups is 1. The predicted molar refractivity (Wildman–Crippen MR) is 107 cm³/mol. The Hall–Kier alpha value is -2.67. The van der Waals surface area contributed by atoms with Gasteiger partial charge in [0.2, 0.25) is 0 Å². The lowest BCUT2D eigenvalue weighted by Crippen LogP contribution is -2.27. The van der Waals surface area contributed by atoms with Crippen molar-refractivity contribution in [1.82, 2.24) is 9.97 Å². The number of hydrogen-bond donors (Lipinski definition) is 1. The number of para-hydroxylation sites is 1. The molecule has 1 aliphatic heterocycles. The number of benzene rings is 1.